The van der Waals surface area contributed by atoms with E-state index in [1.165, 1.54) is 7.11 Å². The van der Waals surface area contributed by atoms with Crippen LogP contribution in [0.3, 0.4) is 0 Å². The lowest BCUT2D eigenvalue weighted by Crippen LogP contribution is -2.50. The minimum Gasteiger partial charge on any atom is -0.465 e. The molecule has 0 saturated heterocycles. The first kappa shape index (κ1) is 27.3. The quantitative estimate of drug-likeness (QED) is 0.314. The van der Waals surface area contributed by atoms with Gasteiger partial charge in [0.25, 0.3) is 0 Å². The number of alkyl carbamates (subject to hydrolysis) is 1. The molecule has 0 aliphatic rings. The van der Waals surface area contributed by atoms with E-state index in [1.807, 2.05) is 30.5 Å². The molecule has 0 bridgehead atoms. The molecule has 3 rings (SSSR count). The Labute approximate surface area is 222 Å². The van der Waals surface area contributed by atoms with Crippen molar-refractivity contribution in [3.05, 3.63) is 59.8 Å². The van der Waals surface area contributed by atoms with Gasteiger partial charge in [-0.2, -0.15) is 5.26 Å². The number of hydrogen-bond donors (Lipinski definition) is 3. The smallest absolute Gasteiger partial charge is 0.407 e. The zero-order valence-corrected chi connectivity index (χ0v) is 22.9. The van der Waals surface area contributed by atoms with Crippen LogP contribution < -0.4 is 15.1 Å². The summed E-state index contributed by atoms with van der Waals surface area (Å²) in [6.45, 7) is 5.31. The van der Waals surface area contributed by atoms with E-state index in [-0.39, 0.29) is 11.1 Å². The third-order valence-corrected chi connectivity index (χ3v) is 6.41. The fourth-order valence-corrected chi connectivity index (χ4v) is 4.62. The zero-order valence-electron chi connectivity index (χ0n) is 20.7. The molecule has 8 nitrogen and oxygen atoms in total. The fourth-order valence-electron chi connectivity index (χ4n) is 3.86. The van der Waals surface area contributed by atoms with Gasteiger partial charge in [-0.1, -0.05) is 30.3 Å². The SMILES string of the molecule is COC(=O)c1c[c]([Al])ccc1NC(C#N)[C@@H](NC(=O)OC(C)(C)C)C([Si])Cc1c[nH]c2ccccc12. The van der Waals surface area contributed by atoms with Crippen molar-refractivity contribution in [2.45, 2.75) is 50.4 Å². The van der Waals surface area contributed by atoms with Crippen molar-refractivity contribution in [2.75, 3.05) is 12.4 Å². The van der Waals surface area contributed by atoms with Gasteiger partial charge in [-0.3, -0.25) is 0 Å². The van der Waals surface area contributed by atoms with Gasteiger partial charge in [-0.15, -0.1) is 4.43 Å². The molecule has 0 aliphatic carbocycles. The average Bonchev–Trinajstić information content (AvgIpc) is 3.23. The number of aromatic nitrogens is 1. The number of benzene rings is 2. The molecule has 5 radical (unpaired) electrons. The number of anilines is 1. The maximum atomic E-state index is 12.8. The summed E-state index contributed by atoms with van der Waals surface area (Å²) in [4.78, 5) is 28.4. The molecule has 3 N–H and O–H groups in total. The van der Waals surface area contributed by atoms with Gasteiger partial charge in [0.2, 0.25) is 0 Å². The standard InChI is InChI=1S/C26H28N4O4Si.Al/c1-26(2,3)34-25(32)30-23(22(35)13-16-15-28-19-11-7-5-9-17(16)19)21(14-27)29-20-12-8-6-10-18(20)24(31)33-4;/h5,7-12,15,21-23,28-29H,13H2,1-4H3,(H,30,32);/t21?,22?,23-;/m1./s1. The third kappa shape index (κ3) is 6.92. The maximum absolute atomic E-state index is 12.8. The highest BCUT2D eigenvalue weighted by atomic mass is 28.1. The number of nitriles is 1. The van der Waals surface area contributed by atoms with Gasteiger partial charge in [-0.25, -0.2) is 9.59 Å². The Morgan fingerprint density at radius 2 is 1.94 bits per heavy atom. The summed E-state index contributed by atoms with van der Waals surface area (Å²) in [7, 11) is 5.08. The second-order valence-corrected chi connectivity index (χ2v) is 10.8. The van der Waals surface area contributed by atoms with E-state index in [9.17, 15) is 14.9 Å². The van der Waals surface area contributed by atoms with Crippen LogP contribution in [0.2, 0.25) is 5.54 Å². The van der Waals surface area contributed by atoms with E-state index in [1.54, 1.807) is 39.0 Å². The lowest BCUT2D eigenvalue weighted by molar-refractivity contribution is 0.0499. The summed E-state index contributed by atoms with van der Waals surface area (Å²) < 4.78 is 11.2. The number of amides is 1. The van der Waals surface area contributed by atoms with E-state index in [4.69, 9.17) is 9.47 Å². The highest BCUT2D eigenvalue weighted by molar-refractivity contribution is 6.32. The molecule has 1 amide bonds. The van der Waals surface area contributed by atoms with Crippen LogP contribution in [0.4, 0.5) is 10.5 Å². The molecule has 0 fully saturated rings. The number of esters is 1. The van der Waals surface area contributed by atoms with Crippen LogP contribution in [0.5, 0.6) is 0 Å². The molecule has 3 atom stereocenters. The second kappa shape index (κ2) is 11.7. The van der Waals surface area contributed by atoms with E-state index < -0.39 is 29.7 Å². The van der Waals surface area contributed by atoms with Gasteiger partial charge >= 0.3 is 12.1 Å². The Hall–Kier alpha value is -3.24. The molecule has 36 heavy (non-hydrogen) atoms. The summed E-state index contributed by atoms with van der Waals surface area (Å²) in [5.41, 5.74) is 1.65. The Balaban J connectivity index is 1.93. The van der Waals surface area contributed by atoms with Crippen molar-refractivity contribution in [2.24, 2.45) is 0 Å². The number of ether oxygens (including phenoxy) is 2. The Bertz CT molecular complexity index is 1280. The van der Waals surface area contributed by atoms with Gasteiger partial charge in [0.05, 0.1) is 24.8 Å². The molecule has 0 aliphatic heterocycles. The predicted molar refractivity (Wildman–Crippen MR) is 141 cm³/mol. The van der Waals surface area contributed by atoms with Crippen molar-refractivity contribution in [1.82, 2.24) is 10.3 Å². The number of fused-ring (bicyclic) bond motifs is 1. The number of H-pyrrole nitrogens is 1. The number of nitrogens with one attached hydrogen (secondary N) is 3. The van der Waals surface area contributed by atoms with Crippen LogP contribution in [0.15, 0.2) is 48.7 Å². The number of hydrogen-bond acceptors (Lipinski definition) is 6. The Kier molecular flexibility index (Phi) is 8.86. The first-order valence-electron chi connectivity index (χ1n) is 11.4. The molecular formula is C26H28AlN4O4Si. The highest BCUT2D eigenvalue weighted by Gasteiger charge is 2.32. The van der Waals surface area contributed by atoms with Gasteiger partial charge in [0, 0.05) is 33.0 Å². The Morgan fingerprint density at radius 1 is 1.22 bits per heavy atom. The van der Waals surface area contributed by atoms with E-state index >= 15 is 0 Å². The molecule has 1 aromatic heterocycles. The molecule has 183 valence electrons. The lowest BCUT2D eigenvalue weighted by atomic mass is 9.98. The van der Waals surface area contributed by atoms with Crippen molar-refractivity contribution in [3.8, 4) is 6.07 Å². The largest absolute Gasteiger partial charge is 0.465 e. The molecular weight excluding hydrogens is 487 g/mol. The molecule has 2 aromatic carbocycles. The van der Waals surface area contributed by atoms with Crippen molar-refractivity contribution >= 4 is 59.6 Å². The van der Waals surface area contributed by atoms with Gasteiger partial charge < -0.3 is 25.1 Å². The van der Waals surface area contributed by atoms with Crippen molar-refractivity contribution < 1.29 is 19.1 Å². The average molecular weight is 516 g/mol. The first-order valence-corrected chi connectivity index (χ1v) is 12.6. The van der Waals surface area contributed by atoms with Gasteiger partial charge in [-0.05, 0) is 50.4 Å². The van der Waals surface area contributed by atoms with Crippen LogP contribution in [0, 0.1) is 11.3 Å². The number of methoxy groups -OCH3 is 1. The van der Waals surface area contributed by atoms with Gasteiger partial charge in [0.1, 0.15) is 11.6 Å². The number of carbonyl (C=O) groups is 2. The zero-order chi connectivity index (χ0) is 26.5. The van der Waals surface area contributed by atoms with Crippen molar-refractivity contribution in [1.29, 1.82) is 5.26 Å². The number of para-hydroxylation sites is 1. The summed E-state index contributed by atoms with van der Waals surface area (Å²) in [5.74, 6) is -0.538. The number of rotatable bonds is 8. The molecule has 10 heteroatoms. The number of aromatic amines is 1. The third-order valence-electron chi connectivity index (χ3n) is 5.49. The number of nitrogens with zero attached hydrogens (tertiary/aromatic N) is 1. The first-order chi connectivity index (χ1) is 17.0. The fraction of sp³-hybridized carbons (Fsp3) is 0.346. The summed E-state index contributed by atoms with van der Waals surface area (Å²) in [5, 5.41) is 17.2. The van der Waals surface area contributed by atoms with Crippen LogP contribution in [0.1, 0.15) is 36.7 Å². The monoisotopic (exact) mass is 515 g/mol. The number of carbonyl (C=O) groups excluding carboxylic acids is 2. The van der Waals surface area contributed by atoms with Crippen LogP contribution in [0.25, 0.3) is 10.9 Å². The molecule has 3 aromatic rings. The highest BCUT2D eigenvalue weighted by Crippen LogP contribution is 2.26. The maximum Gasteiger partial charge on any atom is 0.407 e. The van der Waals surface area contributed by atoms with Crippen LogP contribution in [-0.4, -0.2) is 68.4 Å². The molecule has 0 saturated carbocycles. The van der Waals surface area contributed by atoms with Crippen LogP contribution in [-0.2, 0) is 15.9 Å². The second-order valence-electron chi connectivity index (χ2n) is 9.39. The van der Waals surface area contributed by atoms with Gasteiger partial charge in [0.15, 0.2) is 16.3 Å². The predicted octanol–water partition coefficient (Wildman–Crippen LogP) is 3.15. The summed E-state index contributed by atoms with van der Waals surface area (Å²) >= 11 is 2.53. The normalized spacial score (nSPS) is 13.8. The van der Waals surface area contributed by atoms with E-state index in [0.717, 1.165) is 20.9 Å². The topological polar surface area (TPSA) is 116 Å². The summed E-state index contributed by atoms with van der Waals surface area (Å²) in [6, 6.07) is 13.7. The Morgan fingerprint density at radius 3 is 2.61 bits per heavy atom. The van der Waals surface area contributed by atoms with Crippen molar-refractivity contribution in [3.63, 3.8) is 0 Å². The van der Waals surface area contributed by atoms with E-state index in [0.29, 0.717) is 12.1 Å². The lowest BCUT2D eigenvalue weighted by Gasteiger charge is -2.31. The minimum atomic E-state index is -0.913. The molecule has 2 unspecified atom stereocenters. The minimum absolute atomic E-state index is 0.281. The molecule has 0 spiro atoms. The molecule has 1 heterocycles. The summed E-state index contributed by atoms with van der Waals surface area (Å²) in [6.07, 6.45) is 1.78. The van der Waals surface area contributed by atoms with E-state index in [2.05, 4.69) is 48.2 Å². The van der Waals surface area contributed by atoms with Crippen LogP contribution >= 0.6 is 0 Å².